The summed E-state index contributed by atoms with van der Waals surface area (Å²) >= 11 is 0. The van der Waals surface area contributed by atoms with Gasteiger partial charge in [-0.15, -0.1) is 0 Å². The van der Waals surface area contributed by atoms with Gasteiger partial charge in [0.25, 0.3) is 5.56 Å². The Morgan fingerprint density at radius 3 is 2.20 bits per heavy atom. The number of hydrogen-bond acceptors (Lipinski definition) is 8. The number of benzene rings is 1. The average Bonchev–Trinajstić information content (AvgIpc) is 2.71. The van der Waals surface area contributed by atoms with Crippen LogP contribution in [0.1, 0.15) is 40.7 Å². The number of hydrogen-bond donors (Lipinski definition) is 3. The lowest BCUT2D eigenvalue weighted by Gasteiger charge is -2.21. The molecule has 162 valence electrons. The molecule has 0 amide bonds. The minimum absolute atomic E-state index is 0.0504. The molecule has 1 aromatic heterocycles. The van der Waals surface area contributed by atoms with Gasteiger partial charge >= 0.3 is 11.9 Å². The Balaban J connectivity index is 2.80. The molecule has 2 aromatic rings. The number of aromatic amines is 1. The van der Waals surface area contributed by atoms with Gasteiger partial charge in [0.2, 0.25) is 0 Å². The number of carboxylic acids is 1. The number of pyridine rings is 1. The van der Waals surface area contributed by atoms with E-state index in [2.05, 4.69) is 4.98 Å². The summed E-state index contributed by atoms with van der Waals surface area (Å²) in [5.41, 5.74) is -1.11. The Kier molecular flexibility index (Phi) is 7.29. The molecule has 30 heavy (non-hydrogen) atoms. The maximum atomic E-state index is 12.6. The lowest BCUT2D eigenvalue weighted by atomic mass is 9.87. The van der Waals surface area contributed by atoms with Crippen LogP contribution in [0.3, 0.4) is 0 Å². The van der Waals surface area contributed by atoms with Gasteiger partial charge in [0.15, 0.2) is 11.5 Å². The van der Waals surface area contributed by atoms with Crippen LogP contribution in [-0.2, 0) is 9.53 Å². The first-order valence-corrected chi connectivity index (χ1v) is 8.92. The Morgan fingerprint density at radius 2 is 1.67 bits per heavy atom. The maximum Gasteiger partial charge on any atom is 0.343 e. The molecule has 0 aliphatic rings. The fourth-order valence-corrected chi connectivity index (χ4v) is 3.09. The van der Waals surface area contributed by atoms with Crippen LogP contribution in [0, 0.1) is 0 Å². The van der Waals surface area contributed by atoms with Crippen LogP contribution < -0.4 is 19.8 Å². The number of aliphatic carboxylic acids is 1. The number of aromatic nitrogens is 1. The first-order chi connectivity index (χ1) is 14.3. The second kappa shape index (κ2) is 9.68. The molecule has 2 rings (SSSR count). The minimum Gasteiger partial charge on any atom is -0.506 e. The third-order valence-corrected chi connectivity index (χ3v) is 4.44. The van der Waals surface area contributed by atoms with E-state index in [1.165, 1.54) is 33.5 Å². The maximum absolute atomic E-state index is 12.6. The molecule has 0 unspecified atom stereocenters. The van der Waals surface area contributed by atoms with Crippen LogP contribution >= 0.6 is 0 Å². The van der Waals surface area contributed by atoms with Gasteiger partial charge in [0.1, 0.15) is 17.1 Å². The van der Waals surface area contributed by atoms with E-state index in [4.69, 9.17) is 18.9 Å². The number of esters is 1. The van der Waals surface area contributed by atoms with Crippen molar-refractivity contribution in [3.63, 3.8) is 0 Å². The highest BCUT2D eigenvalue weighted by Gasteiger charge is 2.31. The SMILES string of the molecule is CCOC(=O)c1c[nH]c(=O)c([C@@H](CC(=O)O)c2cc(OC)c(OC)cc2OC)c1O. The van der Waals surface area contributed by atoms with Crippen molar-refractivity contribution in [2.75, 3.05) is 27.9 Å². The summed E-state index contributed by atoms with van der Waals surface area (Å²) in [6, 6.07) is 2.94. The molecule has 10 heteroatoms. The number of carbonyl (C=O) groups is 2. The Bertz CT molecular complexity index is 997. The van der Waals surface area contributed by atoms with Crippen molar-refractivity contribution >= 4 is 11.9 Å². The van der Waals surface area contributed by atoms with Gasteiger partial charge in [-0.3, -0.25) is 9.59 Å². The first kappa shape index (κ1) is 22.6. The second-order valence-corrected chi connectivity index (χ2v) is 6.11. The molecule has 0 fully saturated rings. The molecule has 0 aliphatic carbocycles. The van der Waals surface area contributed by atoms with Crippen LogP contribution in [0.5, 0.6) is 23.0 Å². The van der Waals surface area contributed by atoms with E-state index in [-0.39, 0.29) is 34.8 Å². The monoisotopic (exact) mass is 421 g/mol. The molecule has 0 saturated heterocycles. The molecule has 10 nitrogen and oxygen atoms in total. The number of carbonyl (C=O) groups excluding carboxylic acids is 1. The Labute approximate surface area is 172 Å². The summed E-state index contributed by atoms with van der Waals surface area (Å²) in [5.74, 6) is -3.14. The molecular formula is C20H23NO9. The van der Waals surface area contributed by atoms with E-state index in [0.717, 1.165) is 6.20 Å². The van der Waals surface area contributed by atoms with Crippen molar-refractivity contribution in [3.05, 3.63) is 45.4 Å². The van der Waals surface area contributed by atoms with Crippen molar-refractivity contribution < 1.29 is 38.7 Å². The predicted octanol–water partition coefficient (Wildman–Crippen LogP) is 1.89. The van der Waals surface area contributed by atoms with Gasteiger partial charge in [0, 0.05) is 23.7 Å². The third kappa shape index (κ3) is 4.48. The van der Waals surface area contributed by atoms with Gasteiger partial charge in [0.05, 0.1) is 39.9 Å². The van der Waals surface area contributed by atoms with Crippen molar-refractivity contribution in [3.8, 4) is 23.0 Å². The minimum atomic E-state index is -1.24. The molecule has 1 aromatic carbocycles. The second-order valence-electron chi connectivity index (χ2n) is 6.11. The van der Waals surface area contributed by atoms with Crippen LogP contribution in [0.25, 0.3) is 0 Å². The summed E-state index contributed by atoms with van der Waals surface area (Å²) in [4.78, 5) is 38.7. The smallest absolute Gasteiger partial charge is 0.343 e. The predicted molar refractivity (Wildman–Crippen MR) is 105 cm³/mol. The molecule has 0 bridgehead atoms. The number of nitrogens with one attached hydrogen (secondary N) is 1. The van der Waals surface area contributed by atoms with Gasteiger partial charge in [-0.1, -0.05) is 0 Å². The summed E-state index contributed by atoms with van der Waals surface area (Å²) in [6.45, 7) is 1.64. The van der Waals surface area contributed by atoms with E-state index < -0.39 is 35.6 Å². The van der Waals surface area contributed by atoms with Gasteiger partial charge < -0.3 is 34.1 Å². The fraction of sp³-hybridized carbons (Fsp3) is 0.350. The first-order valence-electron chi connectivity index (χ1n) is 8.92. The molecule has 0 aliphatic heterocycles. The Hall–Kier alpha value is -3.69. The molecule has 1 atom stereocenters. The lowest BCUT2D eigenvalue weighted by Crippen LogP contribution is -2.22. The van der Waals surface area contributed by atoms with Crippen LogP contribution in [0.2, 0.25) is 0 Å². The highest BCUT2D eigenvalue weighted by molar-refractivity contribution is 5.92. The van der Waals surface area contributed by atoms with Crippen molar-refractivity contribution in [2.24, 2.45) is 0 Å². The zero-order chi connectivity index (χ0) is 22.4. The molecule has 3 N–H and O–H groups in total. The normalized spacial score (nSPS) is 11.5. The van der Waals surface area contributed by atoms with Crippen molar-refractivity contribution in [2.45, 2.75) is 19.3 Å². The van der Waals surface area contributed by atoms with Crippen molar-refractivity contribution in [1.82, 2.24) is 4.98 Å². The topological polar surface area (TPSA) is 144 Å². The van der Waals surface area contributed by atoms with Crippen LogP contribution in [0.15, 0.2) is 23.1 Å². The summed E-state index contributed by atoms with van der Waals surface area (Å²) in [5, 5.41) is 20.2. The van der Waals surface area contributed by atoms with Gasteiger partial charge in [-0.25, -0.2) is 4.79 Å². The summed E-state index contributed by atoms with van der Waals surface area (Å²) < 4.78 is 20.7. The standard InChI is InChI=1S/C20H23NO9/c1-5-30-20(26)12-9-21-19(25)17(18(12)24)11(7-16(22)23)10-6-14(28-3)15(29-4)8-13(10)27-2/h6,8-9,11H,5,7H2,1-4H3,(H,22,23)(H2,21,24,25)/t11-/m0/s1. The van der Waals surface area contributed by atoms with Crippen molar-refractivity contribution in [1.29, 1.82) is 0 Å². The van der Waals surface area contributed by atoms with Gasteiger partial charge in [-0.05, 0) is 13.0 Å². The average molecular weight is 421 g/mol. The van der Waals surface area contributed by atoms with E-state index in [1.807, 2.05) is 0 Å². The zero-order valence-corrected chi connectivity index (χ0v) is 17.0. The number of aromatic hydroxyl groups is 1. The molecular weight excluding hydrogens is 398 g/mol. The largest absolute Gasteiger partial charge is 0.506 e. The van der Waals surface area contributed by atoms with E-state index >= 15 is 0 Å². The quantitative estimate of drug-likeness (QED) is 0.517. The highest BCUT2D eigenvalue weighted by atomic mass is 16.5. The molecule has 1 heterocycles. The summed E-state index contributed by atoms with van der Waals surface area (Å²) in [7, 11) is 4.18. The van der Waals surface area contributed by atoms with E-state index in [1.54, 1.807) is 6.92 Å². The lowest BCUT2D eigenvalue weighted by molar-refractivity contribution is -0.137. The summed E-state index contributed by atoms with van der Waals surface area (Å²) in [6.07, 6.45) is 0.442. The van der Waals surface area contributed by atoms with Gasteiger partial charge in [-0.2, -0.15) is 0 Å². The number of ether oxygens (including phenoxy) is 4. The number of H-pyrrole nitrogens is 1. The molecule has 0 spiro atoms. The Morgan fingerprint density at radius 1 is 1.07 bits per heavy atom. The molecule has 0 saturated carbocycles. The zero-order valence-electron chi connectivity index (χ0n) is 17.0. The highest BCUT2D eigenvalue weighted by Crippen LogP contribution is 2.43. The number of rotatable bonds is 9. The fourth-order valence-electron chi connectivity index (χ4n) is 3.09. The number of methoxy groups -OCH3 is 3. The van der Waals surface area contributed by atoms with E-state index in [0.29, 0.717) is 5.75 Å². The van der Waals surface area contributed by atoms with Crippen LogP contribution in [0.4, 0.5) is 0 Å². The third-order valence-electron chi connectivity index (χ3n) is 4.44. The van der Waals surface area contributed by atoms with E-state index in [9.17, 15) is 24.6 Å². The van der Waals surface area contributed by atoms with Crippen LogP contribution in [-0.4, -0.2) is 55.1 Å². The number of carboxylic acid groups (broad SMARTS) is 1. The molecule has 0 radical (unpaired) electrons.